The van der Waals surface area contributed by atoms with Crippen LogP contribution in [0, 0.1) is 17.2 Å². The zero-order valence-electron chi connectivity index (χ0n) is 10.4. The molecule has 1 atom stereocenters. The van der Waals surface area contributed by atoms with Crippen molar-refractivity contribution in [1.82, 2.24) is 0 Å². The summed E-state index contributed by atoms with van der Waals surface area (Å²) in [6, 6.07) is 9.69. The van der Waals surface area contributed by atoms with E-state index in [1.54, 1.807) is 6.07 Å². The van der Waals surface area contributed by atoms with Crippen LogP contribution in [0.3, 0.4) is 0 Å². The number of anilines is 1. The first-order valence-electron chi connectivity index (χ1n) is 6.08. The Kier molecular flexibility index (Phi) is 3.83. The fraction of sp³-hybridized carbons (Fsp3) is 0.429. The molecule has 0 aromatic heterocycles. The average Bonchev–Trinajstić information content (AvgIpc) is 2.46. The van der Waals surface area contributed by atoms with Crippen LogP contribution in [-0.2, 0) is 9.53 Å². The number of hydrogen-bond acceptors (Lipinski definition) is 4. The second-order valence-electron chi connectivity index (χ2n) is 4.44. The first-order valence-corrected chi connectivity index (χ1v) is 6.08. The quantitative estimate of drug-likeness (QED) is 0.746. The molecule has 0 spiro atoms. The molecule has 1 saturated heterocycles. The van der Waals surface area contributed by atoms with Crippen molar-refractivity contribution in [3.8, 4) is 6.07 Å². The molecule has 1 aromatic carbocycles. The van der Waals surface area contributed by atoms with E-state index in [0.29, 0.717) is 12.1 Å². The van der Waals surface area contributed by atoms with Gasteiger partial charge < -0.3 is 9.64 Å². The summed E-state index contributed by atoms with van der Waals surface area (Å²) in [5, 5.41) is 9.10. The summed E-state index contributed by atoms with van der Waals surface area (Å²) in [6.45, 7) is 1.51. The third-order valence-electron chi connectivity index (χ3n) is 3.32. The second kappa shape index (κ2) is 5.54. The molecule has 0 amide bonds. The van der Waals surface area contributed by atoms with Crippen molar-refractivity contribution in [3.63, 3.8) is 0 Å². The maximum Gasteiger partial charge on any atom is 0.310 e. The highest BCUT2D eigenvalue weighted by molar-refractivity contribution is 5.74. The number of esters is 1. The summed E-state index contributed by atoms with van der Waals surface area (Å²) < 4.78 is 4.80. The Balaban J connectivity index is 2.18. The van der Waals surface area contributed by atoms with Gasteiger partial charge in [0.25, 0.3) is 0 Å². The molecule has 0 saturated carbocycles. The van der Waals surface area contributed by atoms with Crippen LogP contribution >= 0.6 is 0 Å². The van der Waals surface area contributed by atoms with Crippen LogP contribution in [0.2, 0.25) is 0 Å². The number of rotatable bonds is 2. The Morgan fingerprint density at radius 3 is 3.00 bits per heavy atom. The Bertz CT molecular complexity index is 479. The number of carbonyl (C=O) groups excluding carboxylic acids is 1. The van der Waals surface area contributed by atoms with Gasteiger partial charge in [0.2, 0.25) is 0 Å². The predicted molar refractivity (Wildman–Crippen MR) is 68.1 cm³/mol. The topological polar surface area (TPSA) is 53.3 Å². The molecular weight excluding hydrogens is 228 g/mol. The van der Waals surface area contributed by atoms with Crippen LogP contribution in [0.4, 0.5) is 5.69 Å². The van der Waals surface area contributed by atoms with Crippen LogP contribution in [0.25, 0.3) is 0 Å². The van der Waals surface area contributed by atoms with E-state index < -0.39 is 0 Å². The van der Waals surface area contributed by atoms with Gasteiger partial charge in [-0.3, -0.25) is 4.79 Å². The van der Waals surface area contributed by atoms with E-state index in [0.717, 1.165) is 25.1 Å². The molecule has 0 N–H and O–H groups in total. The number of methoxy groups -OCH3 is 1. The minimum Gasteiger partial charge on any atom is -0.469 e. The van der Waals surface area contributed by atoms with E-state index in [9.17, 15) is 4.79 Å². The first kappa shape index (κ1) is 12.4. The lowest BCUT2D eigenvalue weighted by atomic mass is 9.97. The highest BCUT2D eigenvalue weighted by Gasteiger charge is 2.27. The SMILES string of the molecule is COC(=O)C1CCCN(c2ccccc2C#N)C1. The lowest BCUT2D eigenvalue weighted by Crippen LogP contribution is -2.39. The highest BCUT2D eigenvalue weighted by atomic mass is 16.5. The number of ether oxygens (including phenoxy) is 1. The smallest absolute Gasteiger partial charge is 0.310 e. The molecule has 4 nitrogen and oxygen atoms in total. The van der Waals surface area contributed by atoms with Crippen molar-refractivity contribution >= 4 is 11.7 Å². The number of nitrogens with zero attached hydrogens (tertiary/aromatic N) is 2. The zero-order valence-corrected chi connectivity index (χ0v) is 10.4. The van der Waals surface area contributed by atoms with Gasteiger partial charge in [-0.2, -0.15) is 5.26 Å². The predicted octanol–water partition coefficient (Wildman–Crippen LogP) is 1.95. The second-order valence-corrected chi connectivity index (χ2v) is 4.44. The molecule has 1 aromatic rings. The standard InChI is InChI=1S/C14H16N2O2/c1-18-14(17)12-6-4-8-16(10-12)13-7-3-2-5-11(13)9-15/h2-3,5,7,12H,4,6,8,10H2,1H3. The van der Waals surface area contributed by atoms with Crippen LogP contribution < -0.4 is 4.90 Å². The van der Waals surface area contributed by atoms with Gasteiger partial charge in [-0.05, 0) is 25.0 Å². The molecule has 1 fully saturated rings. The van der Waals surface area contributed by atoms with Gasteiger partial charge in [0, 0.05) is 13.1 Å². The van der Waals surface area contributed by atoms with E-state index in [1.807, 2.05) is 18.2 Å². The lowest BCUT2D eigenvalue weighted by molar-refractivity contribution is -0.145. The summed E-state index contributed by atoms with van der Waals surface area (Å²) in [7, 11) is 1.42. The van der Waals surface area contributed by atoms with Gasteiger partial charge >= 0.3 is 5.97 Å². The van der Waals surface area contributed by atoms with Gasteiger partial charge in [0.05, 0.1) is 24.3 Å². The average molecular weight is 244 g/mol. The number of benzene rings is 1. The molecule has 0 bridgehead atoms. The van der Waals surface area contributed by atoms with Crippen LogP contribution in [0.15, 0.2) is 24.3 Å². The molecular formula is C14H16N2O2. The Morgan fingerprint density at radius 1 is 1.50 bits per heavy atom. The summed E-state index contributed by atoms with van der Waals surface area (Å²) in [6.07, 6.45) is 1.80. The molecule has 1 unspecified atom stereocenters. The molecule has 1 heterocycles. The summed E-state index contributed by atoms with van der Waals surface area (Å²) in [5.74, 6) is -0.246. The van der Waals surface area contributed by atoms with Crippen LogP contribution in [-0.4, -0.2) is 26.2 Å². The summed E-state index contributed by atoms with van der Waals surface area (Å²) >= 11 is 0. The van der Waals surface area contributed by atoms with Crippen molar-refractivity contribution < 1.29 is 9.53 Å². The van der Waals surface area contributed by atoms with E-state index in [2.05, 4.69) is 11.0 Å². The fourth-order valence-electron chi connectivity index (χ4n) is 2.40. The minimum atomic E-state index is -0.158. The molecule has 18 heavy (non-hydrogen) atoms. The van der Waals surface area contributed by atoms with Gasteiger partial charge in [0.15, 0.2) is 0 Å². The Labute approximate surface area is 107 Å². The number of nitriles is 1. The lowest BCUT2D eigenvalue weighted by Gasteiger charge is -2.33. The van der Waals surface area contributed by atoms with Gasteiger partial charge in [-0.15, -0.1) is 0 Å². The van der Waals surface area contributed by atoms with Crippen molar-refractivity contribution in [2.24, 2.45) is 5.92 Å². The van der Waals surface area contributed by atoms with E-state index in [4.69, 9.17) is 10.00 Å². The van der Waals surface area contributed by atoms with Crippen LogP contribution in [0.5, 0.6) is 0 Å². The van der Waals surface area contributed by atoms with Crippen molar-refractivity contribution in [3.05, 3.63) is 29.8 Å². The third-order valence-corrected chi connectivity index (χ3v) is 3.32. The molecule has 1 aliphatic rings. The third kappa shape index (κ3) is 2.45. The monoisotopic (exact) mass is 244 g/mol. The number of hydrogen-bond donors (Lipinski definition) is 0. The van der Waals surface area contributed by atoms with Crippen LogP contribution in [0.1, 0.15) is 18.4 Å². The normalized spacial score (nSPS) is 19.1. The van der Waals surface area contributed by atoms with E-state index >= 15 is 0 Å². The molecule has 94 valence electrons. The largest absolute Gasteiger partial charge is 0.469 e. The van der Waals surface area contributed by atoms with Gasteiger partial charge in [0.1, 0.15) is 6.07 Å². The minimum absolute atomic E-state index is 0.0875. The molecule has 4 heteroatoms. The van der Waals surface area contributed by atoms with Crippen molar-refractivity contribution in [1.29, 1.82) is 5.26 Å². The maximum atomic E-state index is 11.6. The summed E-state index contributed by atoms with van der Waals surface area (Å²) in [5.41, 5.74) is 1.57. The number of piperidine rings is 1. The fourth-order valence-corrected chi connectivity index (χ4v) is 2.40. The zero-order chi connectivity index (χ0) is 13.0. The number of carbonyl (C=O) groups is 1. The Morgan fingerprint density at radius 2 is 2.28 bits per heavy atom. The number of para-hydroxylation sites is 1. The maximum absolute atomic E-state index is 11.6. The van der Waals surface area contributed by atoms with Crippen molar-refractivity contribution in [2.75, 3.05) is 25.1 Å². The van der Waals surface area contributed by atoms with Crippen molar-refractivity contribution in [2.45, 2.75) is 12.8 Å². The Hall–Kier alpha value is -2.02. The summed E-state index contributed by atoms with van der Waals surface area (Å²) in [4.78, 5) is 13.7. The molecule has 2 rings (SSSR count). The molecule has 0 radical (unpaired) electrons. The van der Waals surface area contributed by atoms with Gasteiger partial charge in [-0.25, -0.2) is 0 Å². The van der Waals surface area contributed by atoms with E-state index in [-0.39, 0.29) is 11.9 Å². The van der Waals surface area contributed by atoms with Gasteiger partial charge in [-0.1, -0.05) is 12.1 Å². The highest BCUT2D eigenvalue weighted by Crippen LogP contribution is 2.26. The molecule has 1 aliphatic heterocycles. The molecule has 0 aliphatic carbocycles. The van der Waals surface area contributed by atoms with E-state index in [1.165, 1.54) is 7.11 Å². The first-order chi connectivity index (χ1) is 8.76.